The first kappa shape index (κ1) is 16.6. The van der Waals surface area contributed by atoms with Crippen LogP contribution in [0.5, 0.6) is 5.75 Å². The molecule has 0 saturated heterocycles. The van der Waals surface area contributed by atoms with E-state index in [9.17, 15) is 9.90 Å². The molecule has 0 spiro atoms. The molecule has 0 aromatic heterocycles. The van der Waals surface area contributed by atoms with Gasteiger partial charge in [0.25, 0.3) is 0 Å². The summed E-state index contributed by atoms with van der Waals surface area (Å²) in [5.41, 5.74) is 0.692. The standard InChI is InChI=1S/C20H20O3/c1-20(2,3)19(22)23-18(16-10-5-4-6-11-16)14-13-15-9-7-8-12-17(15)21/h4-12,18,21H,1-3H3. The molecule has 118 valence electrons. The summed E-state index contributed by atoms with van der Waals surface area (Å²) in [6, 6.07) is 16.2. The molecule has 3 heteroatoms. The van der Waals surface area contributed by atoms with Crippen LogP contribution in [0.1, 0.15) is 38.0 Å². The second-order valence-electron chi connectivity index (χ2n) is 6.23. The Bertz CT molecular complexity index is 731. The Balaban J connectivity index is 2.32. The second kappa shape index (κ2) is 7.02. The summed E-state index contributed by atoms with van der Waals surface area (Å²) in [4.78, 5) is 12.2. The van der Waals surface area contributed by atoms with E-state index in [0.29, 0.717) is 5.56 Å². The Morgan fingerprint density at radius 2 is 1.65 bits per heavy atom. The Labute approximate surface area is 136 Å². The first-order valence-corrected chi connectivity index (χ1v) is 7.43. The molecule has 23 heavy (non-hydrogen) atoms. The van der Waals surface area contributed by atoms with Crippen LogP contribution in [0.25, 0.3) is 0 Å². The Kier molecular flexibility index (Phi) is 5.08. The van der Waals surface area contributed by atoms with E-state index in [4.69, 9.17) is 4.74 Å². The Morgan fingerprint density at radius 3 is 2.26 bits per heavy atom. The van der Waals surface area contributed by atoms with E-state index in [0.717, 1.165) is 5.56 Å². The number of esters is 1. The van der Waals surface area contributed by atoms with Gasteiger partial charge in [-0.05, 0) is 38.8 Å². The summed E-state index contributed by atoms with van der Waals surface area (Å²) < 4.78 is 5.57. The molecule has 0 radical (unpaired) electrons. The molecular weight excluding hydrogens is 288 g/mol. The number of ether oxygens (including phenoxy) is 1. The number of phenolic OH excluding ortho intramolecular Hbond substituents is 1. The van der Waals surface area contributed by atoms with Crippen LogP contribution in [0.15, 0.2) is 54.6 Å². The summed E-state index contributed by atoms with van der Waals surface area (Å²) >= 11 is 0. The van der Waals surface area contributed by atoms with Crippen molar-refractivity contribution in [2.45, 2.75) is 26.9 Å². The zero-order valence-electron chi connectivity index (χ0n) is 13.5. The molecule has 0 saturated carbocycles. The van der Waals surface area contributed by atoms with E-state index in [1.165, 1.54) is 0 Å². The fraction of sp³-hybridized carbons (Fsp3) is 0.250. The average molecular weight is 308 g/mol. The van der Waals surface area contributed by atoms with Crippen LogP contribution in [0, 0.1) is 17.3 Å². The molecule has 3 nitrogen and oxygen atoms in total. The first-order chi connectivity index (χ1) is 10.9. The lowest BCUT2D eigenvalue weighted by molar-refractivity contribution is -0.156. The van der Waals surface area contributed by atoms with E-state index < -0.39 is 11.5 Å². The van der Waals surface area contributed by atoms with Crippen LogP contribution in [0.2, 0.25) is 0 Å². The molecule has 0 aliphatic carbocycles. The molecule has 0 amide bonds. The lowest BCUT2D eigenvalue weighted by Gasteiger charge is -2.20. The lowest BCUT2D eigenvalue weighted by Crippen LogP contribution is -2.24. The van der Waals surface area contributed by atoms with Crippen molar-refractivity contribution >= 4 is 5.97 Å². The number of carbonyl (C=O) groups excluding carboxylic acids is 1. The topological polar surface area (TPSA) is 46.5 Å². The highest BCUT2D eigenvalue weighted by Gasteiger charge is 2.26. The number of carbonyl (C=O) groups is 1. The minimum absolute atomic E-state index is 0.106. The molecule has 0 heterocycles. The number of benzene rings is 2. The molecule has 2 aromatic carbocycles. The maximum absolute atomic E-state index is 12.2. The van der Waals surface area contributed by atoms with Gasteiger partial charge in [0, 0.05) is 5.56 Å². The van der Waals surface area contributed by atoms with Gasteiger partial charge in [0.1, 0.15) is 5.75 Å². The minimum Gasteiger partial charge on any atom is -0.507 e. The monoisotopic (exact) mass is 308 g/mol. The smallest absolute Gasteiger partial charge is 0.312 e. The molecule has 2 rings (SSSR count). The number of hydrogen-bond acceptors (Lipinski definition) is 3. The van der Waals surface area contributed by atoms with E-state index in [-0.39, 0.29) is 11.7 Å². The van der Waals surface area contributed by atoms with Gasteiger partial charge in [-0.3, -0.25) is 4.79 Å². The van der Waals surface area contributed by atoms with Crippen LogP contribution in [0.3, 0.4) is 0 Å². The molecule has 0 aliphatic rings. The molecule has 2 aromatic rings. The van der Waals surface area contributed by atoms with Gasteiger partial charge in [0.2, 0.25) is 0 Å². The van der Waals surface area contributed by atoms with Crippen LogP contribution < -0.4 is 0 Å². The van der Waals surface area contributed by atoms with E-state index >= 15 is 0 Å². The van der Waals surface area contributed by atoms with Gasteiger partial charge < -0.3 is 9.84 Å². The summed E-state index contributed by atoms with van der Waals surface area (Å²) in [5.74, 6) is 5.62. The third-order valence-corrected chi connectivity index (χ3v) is 3.18. The van der Waals surface area contributed by atoms with Crippen LogP contribution in [-0.2, 0) is 9.53 Å². The van der Waals surface area contributed by atoms with Crippen molar-refractivity contribution in [3.63, 3.8) is 0 Å². The van der Waals surface area contributed by atoms with Crippen LogP contribution >= 0.6 is 0 Å². The Hall–Kier alpha value is -2.73. The zero-order valence-corrected chi connectivity index (χ0v) is 13.5. The summed E-state index contributed by atoms with van der Waals surface area (Å²) in [7, 11) is 0. The van der Waals surface area contributed by atoms with Gasteiger partial charge in [-0.2, -0.15) is 0 Å². The fourth-order valence-corrected chi connectivity index (χ4v) is 1.82. The lowest BCUT2D eigenvalue weighted by atomic mass is 9.97. The molecule has 1 atom stereocenters. The third-order valence-electron chi connectivity index (χ3n) is 3.18. The molecule has 1 unspecified atom stereocenters. The summed E-state index contributed by atoms with van der Waals surface area (Å²) in [6.45, 7) is 5.40. The van der Waals surface area contributed by atoms with Crippen LogP contribution in [0.4, 0.5) is 0 Å². The summed E-state index contributed by atoms with van der Waals surface area (Å²) in [5, 5.41) is 9.79. The number of phenols is 1. The molecule has 0 aliphatic heterocycles. The van der Waals surface area contributed by atoms with Crippen molar-refractivity contribution in [1.29, 1.82) is 0 Å². The maximum atomic E-state index is 12.2. The van der Waals surface area contributed by atoms with Crippen molar-refractivity contribution in [2.24, 2.45) is 5.41 Å². The normalized spacial score (nSPS) is 12.0. The third kappa shape index (κ3) is 4.62. The van der Waals surface area contributed by atoms with Crippen LogP contribution in [-0.4, -0.2) is 11.1 Å². The van der Waals surface area contributed by atoms with Crippen molar-refractivity contribution in [3.05, 3.63) is 65.7 Å². The number of rotatable bonds is 2. The highest BCUT2D eigenvalue weighted by atomic mass is 16.5. The van der Waals surface area contributed by atoms with Gasteiger partial charge in [-0.15, -0.1) is 0 Å². The molecule has 0 bridgehead atoms. The predicted octanol–water partition coefficient (Wildman–Crippen LogP) is 4.07. The first-order valence-electron chi connectivity index (χ1n) is 7.43. The minimum atomic E-state index is -0.678. The maximum Gasteiger partial charge on any atom is 0.312 e. The quantitative estimate of drug-likeness (QED) is 0.672. The van der Waals surface area contributed by atoms with Gasteiger partial charge in [0.15, 0.2) is 6.10 Å². The van der Waals surface area contributed by atoms with Crippen molar-refractivity contribution in [3.8, 4) is 17.6 Å². The van der Waals surface area contributed by atoms with Gasteiger partial charge in [-0.25, -0.2) is 0 Å². The second-order valence-corrected chi connectivity index (χ2v) is 6.23. The number of hydrogen-bond donors (Lipinski definition) is 1. The number of aromatic hydroxyl groups is 1. The molecular formula is C20H20O3. The number of para-hydroxylation sites is 1. The van der Waals surface area contributed by atoms with E-state index in [2.05, 4.69) is 11.8 Å². The average Bonchev–Trinajstić information content (AvgIpc) is 2.52. The fourth-order valence-electron chi connectivity index (χ4n) is 1.82. The summed E-state index contributed by atoms with van der Waals surface area (Å²) in [6.07, 6.45) is -0.678. The SMILES string of the molecule is CC(C)(C)C(=O)OC(C#Cc1ccccc1O)c1ccccc1. The van der Waals surface area contributed by atoms with Gasteiger partial charge in [0.05, 0.1) is 11.0 Å². The van der Waals surface area contributed by atoms with Crippen molar-refractivity contribution in [2.75, 3.05) is 0 Å². The molecule has 0 fully saturated rings. The largest absolute Gasteiger partial charge is 0.507 e. The van der Waals surface area contributed by atoms with Gasteiger partial charge >= 0.3 is 5.97 Å². The highest BCUT2D eigenvalue weighted by molar-refractivity contribution is 5.76. The van der Waals surface area contributed by atoms with Crippen molar-refractivity contribution in [1.82, 2.24) is 0 Å². The van der Waals surface area contributed by atoms with Crippen molar-refractivity contribution < 1.29 is 14.6 Å². The van der Waals surface area contributed by atoms with E-state index in [1.54, 1.807) is 45.0 Å². The molecule has 1 N–H and O–H groups in total. The predicted molar refractivity (Wildman–Crippen MR) is 89.7 cm³/mol. The van der Waals surface area contributed by atoms with E-state index in [1.807, 2.05) is 30.3 Å². The Morgan fingerprint density at radius 1 is 1.04 bits per heavy atom. The van der Waals surface area contributed by atoms with Gasteiger partial charge in [-0.1, -0.05) is 48.4 Å². The highest BCUT2D eigenvalue weighted by Crippen LogP contribution is 2.23. The zero-order chi connectivity index (χ0) is 16.9.